The zero-order valence-electron chi connectivity index (χ0n) is 18.4. The van der Waals surface area contributed by atoms with Crippen LogP contribution in [0.2, 0.25) is 0 Å². The van der Waals surface area contributed by atoms with Crippen LogP contribution in [0, 0.1) is 0 Å². The molecule has 4 nitrogen and oxygen atoms in total. The first-order chi connectivity index (χ1) is 16.8. The Morgan fingerprint density at radius 3 is 2.53 bits per heavy atom. The van der Waals surface area contributed by atoms with Gasteiger partial charge in [-0.05, 0) is 35.9 Å². The first kappa shape index (κ1) is 18.9. The van der Waals surface area contributed by atoms with E-state index in [0.29, 0.717) is 6.61 Å². The number of hydrogen-bond donors (Lipinski definition) is 0. The Labute approximate surface area is 195 Å². The quantitative estimate of drug-likeness (QED) is 0.264. The molecule has 0 spiro atoms. The normalized spacial score (nSPS) is 15.7. The molecule has 0 N–H and O–H groups in total. The first-order valence-corrected chi connectivity index (χ1v) is 11.3. The Morgan fingerprint density at radius 2 is 1.65 bits per heavy atom. The van der Waals surface area contributed by atoms with Gasteiger partial charge in [-0.2, -0.15) is 0 Å². The number of benzene rings is 3. The van der Waals surface area contributed by atoms with Gasteiger partial charge >= 0.3 is 0 Å². The highest BCUT2D eigenvalue weighted by Gasteiger charge is 2.27. The van der Waals surface area contributed by atoms with Crippen molar-refractivity contribution in [2.24, 2.45) is 0 Å². The lowest BCUT2D eigenvalue weighted by atomic mass is 9.97. The average molecular weight is 441 g/mol. The van der Waals surface area contributed by atoms with Crippen molar-refractivity contribution >= 4 is 49.3 Å². The minimum absolute atomic E-state index is 0.448. The van der Waals surface area contributed by atoms with Crippen LogP contribution in [0.5, 0.6) is 5.75 Å². The molecule has 0 fully saturated rings. The Morgan fingerprint density at radius 1 is 0.853 bits per heavy atom. The van der Waals surface area contributed by atoms with Gasteiger partial charge in [0.2, 0.25) is 0 Å². The molecule has 4 heterocycles. The van der Waals surface area contributed by atoms with Gasteiger partial charge in [0.25, 0.3) is 0 Å². The maximum atomic E-state index is 6.52. The maximum Gasteiger partial charge on any atom is 0.156 e. The molecule has 0 atom stereocenters. The van der Waals surface area contributed by atoms with Crippen molar-refractivity contribution in [3.05, 3.63) is 110 Å². The molecule has 0 bridgehead atoms. The summed E-state index contributed by atoms with van der Waals surface area (Å²) in [5.74, 6) is 0.774. The molecule has 0 saturated heterocycles. The van der Waals surface area contributed by atoms with Gasteiger partial charge in [0, 0.05) is 39.6 Å². The fourth-order valence-corrected chi connectivity index (χ4v) is 5.11. The van der Waals surface area contributed by atoms with Crippen LogP contribution < -0.4 is 4.74 Å². The van der Waals surface area contributed by atoms with Gasteiger partial charge in [-0.1, -0.05) is 61.2 Å². The summed E-state index contributed by atoms with van der Waals surface area (Å²) >= 11 is 0. The summed E-state index contributed by atoms with van der Waals surface area (Å²) in [4.78, 5) is 4.25. The Balaban J connectivity index is 1.82. The molecular formula is C30H20N2O2. The van der Waals surface area contributed by atoms with Crippen LogP contribution in [-0.4, -0.2) is 16.2 Å². The molecule has 1 aliphatic heterocycles. The summed E-state index contributed by atoms with van der Waals surface area (Å²) < 4.78 is 15.3. The summed E-state index contributed by atoms with van der Waals surface area (Å²) in [5.41, 5.74) is 6.52. The van der Waals surface area contributed by atoms with Gasteiger partial charge in [-0.3, -0.25) is 4.98 Å². The number of pyridine rings is 1. The van der Waals surface area contributed by atoms with E-state index in [-0.39, 0.29) is 0 Å². The van der Waals surface area contributed by atoms with Gasteiger partial charge in [-0.15, -0.1) is 0 Å². The van der Waals surface area contributed by atoms with Gasteiger partial charge in [0.05, 0.1) is 16.6 Å². The Kier molecular flexibility index (Phi) is 4.02. The monoisotopic (exact) mass is 440 g/mol. The second-order valence-electron chi connectivity index (χ2n) is 8.41. The summed E-state index contributed by atoms with van der Waals surface area (Å²) in [6.45, 7) is 4.85. The molecule has 3 aromatic heterocycles. The predicted octanol–water partition coefficient (Wildman–Crippen LogP) is 7.60. The van der Waals surface area contributed by atoms with Crippen LogP contribution in [-0.2, 0) is 0 Å². The summed E-state index contributed by atoms with van der Waals surface area (Å²) in [6.07, 6.45) is 11.7. The van der Waals surface area contributed by atoms with Gasteiger partial charge in [0.15, 0.2) is 5.75 Å². The molecule has 162 valence electrons. The molecule has 0 amide bonds. The smallest absolute Gasteiger partial charge is 0.156 e. The zero-order valence-corrected chi connectivity index (χ0v) is 18.4. The van der Waals surface area contributed by atoms with Crippen molar-refractivity contribution in [3.63, 3.8) is 0 Å². The topological polar surface area (TPSA) is 40.2 Å². The van der Waals surface area contributed by atoms with Crippen molar-refractivity contribution in [3.8, 4) is 11.4 Å². The maximum absolute atomic E-state index is 6.52. The number of fused-ring (bicyclic) bond motifs is 10. The van der Waals surface area contributed by atoms with E-state index in [1.807, 2.05) is 61.0 Å². The lowest BCUT2D eigenvalue weighted by Gasteiger charge is -2.16. The van der Waals surface area contributed by atoms with E-state index < -0.39 is 0 Å². The molecule has 4 heteroatoms. The van der Waals surface area contributed by atoms with Crippen LogP contribution in [0.15, 0.2) is 108 Å². The van der Waals surface area contributed by atoms with E-state index in [1.165, 1.54) is 0 Å². The number of aromatic nitrogens is 2. The molecule has 3 aromatic carbocycles. The van der Waals surface area contributed by atoms with Crippen LogP contribution in [0.4, 0.5) is 0 Å². The SMILES string of the molecule is C=C1/C=C\C=C/COc2c1c1oc3ccccc3c1c1c3ccccc3n(-c3ccncc3)c21. The number of ether oxygens (including phenoxy) is 1. The fourth-order valence-electron chi connectivity index (χ4n) is 5.11. The van der Waals surface area contributed by atoms with E-state index in [9.17, 15) is 0 Å². The Bertz CT molecular complexity index is 1820. The standard InChI is InChI=1S/C30H20N2O2/c1-19-9-3-2-8-18-33-30-25(19)29-27(22-11-5-7-13-24(22)34-29)26-21-10-4-6-12-23(21)32(28(26)30)20-14-16-31-17-15-20/h2-17H,1,18H2/b8-2-,9-3-. The minimum Gasteiger partial charge on any atom is -0.486 e. The number of furan rings is 1. The van der Waals surface area contributed by atoms with E-state index in [1.54, 1.807) is 0 Å². The average Bonchev–Trinajstić information content (AvgIpc) is 3.43. The molecule has 6 aromatic rings. The molecule has 1 aliphatic rings. The molecule has 34 heavy (non-hydrogen) atoms. The summed E-state index contributed by atoms with van der Waals surface area (Å²) in [7, 11) is 0. The second kappa shape index (κ2) is 7.22. The summed E-state index contributed by atoms with van der Waals surface area (Å²) in [5, 5.41) is 4.43. The van der Waals surface area contributed by atoms with Crippen LogP contribution in [0.25, 0.3) is 55.0 Å². The molecular weight excluding hydrogens is 420 g/mol. The minimum atomic E-state index is 0.448. The molecule has 0 radical (unpaired) electrons. The highest BCUT2D eigenvalue weighted by molar-refractivity contribution is 6.30. The number of rotatable bonds is 1. The van der Waals surface area contributed by atoms with E-state index in [4.69, 9.17) is 9.15 Å². The fraction of sp³-hybridized carbons (Fsp3) is 0.0333. The molecule has 7 rings (SSSR count). The first-order valence-electron chi connectivity index (χ1n) is 11.3. The van der Waals surface area contributed by atoms with Gasteiger partial charge in [0.1, 0.15) is 17.8 Å². The highest BCUT2D eigenvalue weighted by atomic mass is 16.5. The van der Waals surface area contributed by atoms with Crippen LogP contribution >= 0.6 is 0 Å². The van der Waals surface area contributed by atoms with E-state index in [2.05, 4.69) is 52.5 Å². The highest BCUT2D eigenvalue weighted by Crippen LogP contribution is 2.49. The van der Waals surface area contributed by atoms with Crippen molar-refractivity contribution in [1.29, 1.82) is 0 Å². The molecule has 0 aliphatic carbocycles. The molecule has 0 saturated carbocycles. The third-order valence-corrected chi connectivity index (χ3v) is 6.50. The number of hydrogen-bond acceptors (Lipinski definition) is 3. The summed E-state index contributed by atoms with van der Waals surface area (Å²) in [6, 6.07) is 20.7. The van der Waals surface area contributed by atoms with Crippen molar-refractivity contribution in [1.82, 2.24) is 9.55 Å². The lowest BCUT2D eigenvalue weighted by Crippen LogP contribution is -2.02. The van der Waals surface area contributed by atoms with Gasteiger partial charge < -0.3 is 13.7 Å². The third-order valence-electron chi connectivity index (χ3n) is 6.50. The van der Waals surface area contributed by atoms with Crippen molar-refractivity contribution < 1.29 is 9.15 Å². The largest absolute Gasteiger partial charge is 0.486 e. The third kappa shape index (κ3) is 2.57. The predicted molar refractivity (Wildman–Crippen MR) is 139 cm³/mol. The number of para-hydroxylation sites is 2. The second-order valence-corrected chi connectivity index (χ2v) is 8.41. The van der Waals surface area contributed by atoms with E-state index in [0.717, 1.165) is 66.3 Å². The van der Waals surface area contributed by atoms with E-state index >= 15 is 0 Å². The van der Waals surface area contributed by atoms with Crippen molar-refractivity contribution in [2.75, 3.05) is 6.61 Å². The lowest BCUT2D eigenvalue weighted by molar-refractivity contribution is 0.365. The van der Waals surface area contributed by atoms with Gasteiger partial charge in [-0.25, -0.2) is 0 Å². The van der Waals surface area contributed by atoms with Crippen LogP contribution in [0.1, 0.15) is 5.56 Å². The number of allylic oxidation sites excluding steroid dienone is 4. The molecule has 0 unspecified atom stereocenters. The Hall–Kier alpha value is -4.57. The number of nitrogens with zero attached hydrogens (tertiary/aromatic N) is 2. The zero-order chi connectivity index (χ0) is 22.6. The van der Waals surface area contributed by atoms with Crippen molar-refractivity contribution in [2.45, 2.75) is 0 Å². The van der Waals surface area contributed by atoms with Crippen LogP contribution in [0.3, 0.4) is 0 Å².